The Balaban J connectivity index is 1.46. The van der Waals surface area contributed by atoms with Crippen molar-refractivity contribution in [1.82, 2.24) is 15.1 Å². The van der Waals surface area contributed by atoms with Gasteiger partial charge in [-0.15, -0.1) is 0 Å². The molecule has 0 saturated carbocycles. The van der Waals surface area contributed by atoms with Gasteiger partial charge in [0.25, 0.3) is 0 Å². The Bertz CT molecular complexity index is 876. The largest absolute Gasteiger partial charge is 0.490 e. The smallest absolute Gasteiger partial charge is 0.127 e. The molecular formula is C22H25N3O3. The molecule has 0 aliphatic carbocycles. The van der Waals surface area contributed by atoms with Crippen LogP contribution in [0.2, 0.25) is 0 Å². The lowest BCUT2D eigenvalue weighted by molar-refractivity contribution is 0.00471. The summed E-state index contributed by atoms with van der Waals surface area (Å²) in [5, 5.41) is 17.4. The van der Waals surface area contributed by atoms with E-state index < -0.39 is 6.10 Å². The molecule has 6 nitrogen and oxygen atoms in total. The molecule has 2 N–H and O–H groups in total. The van der Waals surface area contributed by atoms with Crippen molar-refractivity contribution in [1.29, 1.82) is 0 Å². The van der Waals surface area contributed by atoms with Crippen molar-refractivity contribution >= 4 is 0 Å². The maximum absolute atomic E-state index is 10.4. The number of hydrogen-bond acceptors (Lipinski definition) is 5. The van der Waals surface area contributed by atoms with Gasteiger partial charge in [0.05, 0.1) is 18.9 Å². The van der Waals surface area contributed by atoms with Crippen molar-refractivity contribution in [2.45, 2.75) is 6.10 Å². The van der Waals surface area contributed by atoms with E-state index in [1.807, 2.05) is 42.5 Å². The number of morpholine rings is 1. The van der Waals surface area contributed by atoms with Gasteiger partial charge in [-0.2, -0.15) is 5.10 Å². The zero-order valence-electron chi connectivity index (χ0n) is 15.8. The molecule has 1 aliphatic heterocycles. The molecule has 146 valence electrons. The minimum atomic E-state index is -0.539. The highest BCUT2D eigenvalue weighted by Gasteiger charge is 2.16. The number of aliphatic hydroxyl groups is 1. The average molecular weight is 379 g/mol. The topological polar surface area (TPSA) is 70.6 Å². The van der Waals surface area contributed by atoms with Crippen LogP contribution >= 0.6 is 0 Å². The van der Waals surface area contributed by atoms with Crippen LogP contribution < -0.4 is 4.74 Å². The predicted octanol–water partition coefficient (Wildman–Crippen LogP) is 2.82. The van der Waals surface area contributed by atoms with Gasteiger partial charge >= 0.3 is 0 Å². The molecule has 2 heterocycles. The summed E-state index contributed by atoms with van der Waals surface area (Å²) in [5.41, 5.74) is 4.10. The van der Waals surface area contributed by atoms with Gasteiger partial charge in [-0.1, -0.05) is 36.4 Å². The first-order valence-corrected chi connectivity index (χ1v) is 9.60. The number of β-amino-alcohol motifs (C(OH)–C–C–N with tert-alkyl or cyclic N) is 1. The molecule has 1 aromatic heterocycles. The van der Waals surface area contributed by atoms with Gasteiger partial charge in [0.15, 0.2) is 0 Å². The lowest BCUT2D eigenvalue weighted by Crippen LogP contribution is -2.42. The summed E-state index contributed by atoms with van der Waals surface area (Å²) in [6, 6.07) is 18.1. The first-order valence-electron chi connectivity index (χ1n) is 9.60. The van der Waals surface area contributed by atoms with E-state index in [1.54, 1.807) is 6.20 Å². The van der Waals surface area contributed by atoms with Crippen molar-refractivity contribution in [2.24, 2.45) is 0 Å². The summed E-state index contributed by atoms with van der Waals surface area (Å²) in [4.78, 5) is 2.21. The molecule has 3 aromatic rings. The number of benzene rings is 2. The number of hydrogen-bond donors (Lipinski definition) is 2. The number of ether oxygens (including phenoxy) is 2. The Morgan fingerprint density at radius 2 is 1.89 bits per heavy atom. The molecule has 4 rings (SSSR count). The zero-order chi connectivity index (χ0) is 19.2. The molecule has 0 radical (unpaired) electrons. The van der Waals surface area contributed by atoms with E-state index in [4.69, 9.17) is 9.47 Å². The predicted molar refractivity (Wildman–Crippen MR) is 108 cm³/mol. The number of aromatic amines is 1. The number of H-pyrrole nitrogens is 1. The van der Waals surface area contributed by atoms with Gasteiger partial charge in [0.1, 0.15) is 18.5 Å². The van der Waals surface area contributed by atoms with E-state index in [0.29, 0.717) is 6.54 Å². The van der Waals surface area contributed by atoms with Gasteiger partial charge < -0.3 is 14.6 Å². The molecule has 28 heavy (non-hydrogen) atoms. The van der Waals surface area contributed by atoms with Crippen LogP contribution in [0.4, 0.5) is 0 Å². The van der Waals surface area contributed by atoms with Crippen molar-refractivity contribution in [3.63, 3.8) is 0 Å². The van der Waals surface area contributed by atoms with Crippen molar-refractivity contribution < 1.29 is 14.6 Å². The minimum Gasteiger partial charge on any atom is -0.490 e. The standard InChI is InChI=1S/C22H25N3O3/c26-19(15-25-10-12-27-13-11-25)16-28-22-7-2-1-6-20(22)17-4-3-5-18(14-17)21-8-9-23-24-21/h1-9,14,19,26H,10-13,15-16H2,(H,23,24). The van der Waals surface area contributed by atoms with Crippen LogP contribution in [0, 0.1) is 0 Å². The molecule has 1 aliphatic rings. The molecule has 0 amide bonds. The van der Waals surface area contributed by atoms with Gasteiger partial charge in [0.2, 0.25) is 0 Å². The fourth-order valence-corrected chi connectivity index (χ4v) is 3.42. The monoisotopic (exact) mass is 379 g/mol. The zero-order valence-corrected chi connectivity index (χ0v) is 15.8. The third-order valence-electron chi connectivity index (χ3n) is 4.88. The molecule has 1 unspecified atom stereocenters. The van der Waals surface area contributed by atoms with Gasteiger partial charge in [-0.3, -0.25) is 10.00 Å². The van der Waals surface area contributed by atoms with Gasteiger partial charge in [0, 0.05) is 37.0 Å². The summed E-state index contributed by atoms with van der Waals surface area (Å²) < 4.78 is 11.3. The fourth-order valence-electron chi connectivity index (χ4n) is 3.42. The molecule has 1 saturated heterocycles. The van der Waals surface area contributed by atoms with E-state index in [-0.39, 0.29) is 6.61 Å². The van der Waals surface area contributed by atoms with Gasteiger partial charge in [-0.05, 0) is 23.8 Å². The Morgan fingerprint density at radius 3 is 2.71 bits per heavy atom. The molecule has 0 spiro atoms. The second-order valence-corrected chi connectivity index (χ2v) is 6.93. The molecule has 1 fully saturated rings. The van der Waals surface area contributed by atoms with E-state index in [2.05, 4.69) is 27.2 Å². The second-order valence-electron chi connectivity index (χ2n) is 6.93. The highest BCUT2D eigenvalue weighted by molar-refractivity contribution is 5.75. The van der Waals surface area contributed by atoms with Crippen LogP contribution in [0.15, 0.2) is 60.8 Å². The maximum Gasteiger partial charge on any atom is 0.127 e. The van der Waals surface area contributed by atoms with E-state index in [0.717, 1.165) is 54.4 Å². The normalized spacial score (nSPS) is 16.0. The number of nitrogens with zero attached hydrogens (tertiary/aromatic N) is 2. The molecule has 6 heteroatoms. The highest BCUT2D eigenvalue weighted by atomic mass is 16.5. The summed E-state index contributed by atoms with van der Waals surface area (Å²) >= 11 is 0. The van der Waals surface area contributed by atoms with Crippen LogP contribution in [-0.2, 0) is 4.74 Å². The number of aromatic nitrogens is 2. The molecular weight excluding hydrogens is 354 g/mol. The number of aliphatic hydroxyl groups excluding tert-OH is 1. The first-order chi connectivity index (χ1) is 13.8. The van der Waals surface area contributed by atoms with Crippen LogP contribution in [0.3, 0.4) is 0 Å². The number of rotatable bonds is 7. The SMILES string of the molecule is OC(COc1ccccc1-c1cccc(-c2ccn[nH]2)c1)CN1CCOCC1. The first kappa shape index (κ1) is 18.7. The lowest BCUT2D eigenvalue weighted by Gasteiger charge is -2.28. The minimum absolute atomic E-state index is 0.259. The third kappa shape index (κ3) is 4.59. The Morgan fingerprint density at radius 1 is 1.07 bits per heavy atom. The van der Waals surface area contributed by atoms with E-state index >= 15 is 0 Å². The summed E-state index contributed by atoms with van der Waals surface area (Å²) in [6.07, 6.45) is 1.21. The summed E-state index contributed by atoms with van der Waals surface area (Å²) in [7, 11) is 0. The molecule has 1 atom stereocenters. The molecule has 2 aromatic carbocycles. The summed E-state index contributed by atoms with van der Waals surface area (Å²) in [5.74, 6) is 0.769. The van der Waals surface area contributed by atoms with Crippen molar-refractivity contribution in [3.8, 4) is 28.1 Å². The van der Waals surface area contributed by atoms with Crippen molar-refractivity contribution in [3.05, 3.63) is 60.8 Å². The lowest BCUT2D eigenvalue weighted by atomic mass is 10.0. The van der Waals surface area contributed by atoms with Crippen molar-refractivity contribution in [2.75, 3.05) is 39.5 Å². The Hall–Kier alpha value is -2.67. The third-order valence-corrected chi connectivity index (χ3v) is 4.88. The fraction of sp³-hybridized carbons (Fsp3) is 0.318. The van der Waals surface area contributed by atoms with Crippen LogP contribution in [0.5, 0.6) is 5.75 Å². The molecule has 0 bridgehead atoms. The Kier molecular flexibility index (Phi) is 6.01. The van der Waals surface area contributed by atoms with Crippen LogP contribution in [0.25, 0.3) is 22.4 Å². The van der Waals surface area contributed by atoms with E-state index in [1.165, 1.54) is 0 Å². The summed E-state index contributed by atoms with van der Waals surface area (Å²) in [6.45, 7) is 4.02. The second kappa shape index (κ2) is 9.01. The maximum atomic E-state index is 10.4. The average Bonchev–Trinajstić information content (AvgIpc) is 3.28. The highest BCUT2D eigenvalue weighted by Crippen LogP contribution is 2.32. The van der Waals surface area contributed by atoms with Crippen LogP contribution in [0.1, 0.15) is 0 Å². The van der Waals surface area contributed by atoms with Crippen LogP contribution in [-0.4, -0.2) is 65.8 Å². The number of nitrogens with one attached hydrogen (secondary N) is 1. The Labute approximate surface area is 164 Å². The van der Waals surface area contributed by atoms with E-state index in [9.17, 15) is 5.11 Å². The van der Waals surface area contributed by atoms with Gasteiger partial charge in [-0.25, -0.2) is 0 Å². The number of para-hydroxylation sites is 1. The quantitative estimate of drug-likeness (QED) is 0.661.